The number of halogens is 3. The van der Waals surface area contributed by atoms with Gasteiger partial charge in [0.25, 0.3) is 5.91 Å². The van der Waals surface area contributed by atoms with Gasteiger partial charge in [0, 0.05) is 29.4 Å². The Morgan fingerprint density at radius 3 is 2.69 bits per heavy atom. The van der Waals surface area contributed by atoms with Crippen LogP contribution in [0.3, 0.4) is 0 Å². The molecule has 12 heteroatoms. The van der Waals surface area contributed by atoms with Gasteiger partial charge in [-0.25, -0.2) is 4.31 Å². The second-order valence-corrected chi connectivity index (χ2v) is 9.56. The number of fused-ring (bicyclic) bond motifs is 1. The number of carbonyl (C=O) groups excluding carboxylic acids is 1. The van der Waals surface area contributed by atoms with Crippen LogP contribution >= 0.6 is 23.3 Å². The third kappa shape index (κ3) is 4.92. The van der Waals surface area contributed by atoms with E-state index in [-0.39, 0.29) is 17.7 Å². The molecule has 0 saturated carbocycles. The number of benzene rings is 1. The molecule has 1 atom stereocenters. The van der Waals surface area contributed by atoms with Gasteiger partial charge >= 0.3 is 6.36 Å². The molecule has 0 aliphatic carbocycles. The van der Waals surface area contributed by atoms with E-state index in [1.54, 1.807) is 12.1 Å². The zero-order valence-corrected chi connectivity index (χ0v) is 18.8. The van der Waals surface area contributed by atoms with Gasteiger partial charge in [0.15, 0.2) is 0 Å². The predicted molar refractivity (Wildman–Crippen MR) is 118 cm³/mol. The lowest BCUT2D eigenvalue weighted by Crippen LogP contribution is -2.36. The molecule has 0 bridgehead atoms. The van der Waals surface area contributed by atoms with Gasteiger partial charge in [0.2, 0.25) is 0 Å². The van der Waals surface area contributed by atoms with Crippen molar-refractivity contribution in [1.82, 2.24) is 19.8 Å². The van der Waals surface area contributed by atoms with Crippen molar-refractivity contribution < 1.29 is 22.7 Å². The van der Waals surface area contributed by atoms with Crippen LogP contribution in [0.25, 0.3) is 10.2 Å². The van der Waals surface area contributed by atoms with Crippen molar-refractivity contribution in [3.63, 3.8) is 0 Å². The average molecular weight is 484 g/mol. The summed E-state index contributed by atoms with van der Waals surface area (Å²) in [5.41, 5.74) is 8.36. The fourth-order valence-electron chi connectivity index (χ4n) is 3.44. The highest BCUT2D eigenvalue weighted by molar-refractivity contribution is 7.97. The smallest absolute Gasteiger partial charge is 0.406 e. The molecule has 3 aromatic rings. The number of aryl methyl sites for hydroxylation is 2. The zero-order chi connectivity index (χ0) is 23.0. The van der Waals surface area contributed by atoms with Crippen molar-refractivity contribution >= 4 is 45.1 Å². The summed E-state index contributed by atoms with van der Waals surface area (Å²) in [5.74, 6) is -0.502. The summed E-state index contributed by atoms with van der Waals surface area (Å²) in [4.78, 5) is 14.7. The molecule has 1 saturated heterocycles. The van der Waals surface area contributed by atoms with Crippen molar-refractivity contribution in [3.8, 4) is 5.75 Å². The average Bonchev–Trinajstić information content (AvgIpc) is 3.29. The summed E-state index contributed by atoms with van der Waals surface area (Å²) in [6.07, 6.45) is -3.96. The first-order valence-corrected chi connectivity index (χ1v) is 11.3. The monoisotopic (exact) mass is 483 g/mol. The summed E-state index contributed by atoms with van der Waals surface area (Å²) in [6.45, 7) is 5.08. The van der Waals surface area contributed by atoms with E-state index in [0.717, 1.165) is 34.5 Å². The quantitative estimate of drug-likeness (QED) is 0.523. The molecule has 1 fully saturated rings. The van der Waals surface area contributed by atoms with Gasteiger partial charge in [0.05, 0.1) is 11.4 Å². The first-order valence-electron chi connectivity index (χ1n) is 9.72. The third-order valence-electron chi connectivity index (χ3n) is 5.12. The Hall–Kier alpha value is -2.57. The Labute approximate surface area is 190 Å². The minimum absolute atomic E-state index is 0.0682. The standard InChI is InChI=1S/C20H20F3N5O2S2/c1-10-11(2)26-27-19-15(10)16(24)17(31-19)18(29)25-12-7-8-28(9-12)32-14-5-3-13(4-6-14)30-20(21,22)23/h3-6,12H,7-9,24H2,1-2H3,(H,25,29). The lowest BCUT2D eigenvalue weighted by Gasteiger charge is -2.16. The number of hydrogen-bond acceptors (Lipinski definition) is 8. The van der Waals surface area contributed by atoms with Crippen LogP contribution in [0.2, 0.25) is 0 Å². The van der Waals surface area contributed by atoms with Crippen LogP contribution in [0, 0.1) is 13.8 Å². The van der Waals surface area contributed by atoms with E-state index in [1.807, 2.05) is 13.8 Å². The molecule has 1 aromatic carbocycles. The topological polar surface area (TPSA) is 93.4 Å². The molecular weight excluding hydrogens is 463 g/mol. The van der Waals surface area contributed by atoms with Crippen LogP contribution in [-0.4, -0.2) is 45.9 Å². The number of hydrogen-bond donors (Lipinski definition) is 2. The van der Waals surface area contributed by atoms with Crippen molar-refractivity contribution in [2.75, 3.05) is 18.8 Å². The number of amides is 1. The maximum absolute atomic E-state index is 12.8. The van der Waals surface area contributed by atoms with E-state index >= 15 is 0 Å². The summed E-state index contributed by atoms with van der Waals surface area (Å²) in [5, 5.41) is 12.0. The Balaban J connectivity index is 1.36. The fourth-order valence-corrected chi connectivity index (χ4v) is 5.45. The van der Waals surface area contributed by atoms with Gasteiger partial charge in [-0.1, -0.05) is 0 Å². The SMILES string of the molecule is Cc1nnc2sc(C(=O)NC3CCN(Sc4ccc(OC(F)(F)F)cc4)C3)c(N)c2c1C. The minimum atomic E-state index is -4.71. The number of nitrogens with zero attached hydrogens (tertiary/aromatic N) is 3. The van der Waals surface area contributed by atoms with E-state index in [2.05, 4.69) is 24.6 Å². The van der Waals surface area contributed by atoms with Crippen LogP contribution in [0.4, 0.5) is 18.9 Å². The van der Waals surface area contributed by atoms with E-state index in [1.165, 1.54) is 35.4 Å². The molecule has 1 aliphatic heterocycles. The molecule has 0 spiro atoms. The van der Waals surface area contributed by atoms with E-state index in [0.29, 0.717) is 21.9 Å². The second kappa shape index (κ2) is 8.75. The normalized spacial score (nSPS) is 17.1. The molecule has 2 aromatic heterocycles. The highest BCUT2D eigenvalue weighted by Crippen LogP contribution is 2.35. The molecule has 1 aliphatic rings. The molecule has 1 unspecified atom stereocenters. The van der Waals surface area contributed by atoms with Gasteiger partial charge < -0.3 is 15.8 Å². The molecule has 170 valence electrons. The maximum atomic E-state index is 12.8. The van der Waals surface area contributed by atoms with Crippen molar-refractivity contribution in [3.05, 3.63) is 40.4 Å². The Bertz CT molecular complexity index is 1150. The van der Waals surface area contributed by atoms with Crippen molar-refractivity contribution in [1.29, 1.82) is 0 Å². The lowest BCUT2D eigenvalue weighted by atomic mass is 10.1. The van der Waals surface area contributed by atoms with Crippen LogP contribution < -0.4 is 15.8 Å². The highest BCUT2D eigenvalue weighted by atomic mass is 32.2. The number of thiophene rings is 1. The number of anilines is 1. The van der Waals surface area contributed by atoms with E-state index in [9.17, 15) is 18.0 Å². The first kappa shape index (κ1) is 22.6. The van der Waals surface area contributed by atoms with Gasteiger partial charge in [-0.15, -0.1) is 29.6 Å². The fraction of sp³-hybridized carbons (Fsp3) is 0.350. The zero-order valence-electron chi connectivity index (χ0n) is 17.2. The summed E-state index contributed by atoms with van der Waals surface area (Å²) >= 11 is 2.65. The van der Waals surface area contributed by atoms with Gasteiger partial charge in [-0.2, -0.15) is 5.10 Å². The number of alkyl halides is 3. The Kier molecular flexibility index (Phi) is 6.19. The van der Waals surface area contributed by atoms with Crippen molar-refractivity contribution in [2.45, 2.75) is 37.6 Å². The van der Waals surface area contributed by atoms with Crippen LogP contribution in [-0.2, 0) is 0 Å². The van der Waals surface area contributed by atoms with E-state index in [4.69, 9.17) is 5.73 Å². The number of carbonyl (C=O) groups is 1. The largest absolute Gasteiger partial charge is 0.573 e. The summed E-state index contributed by atoms with van der Waals surface area (Å²) < 4.78 is 42.8. The first-order chi connectivity index (χ1) is 15.1. The number of aromatic nitrogens is 2. The lowest BCUT2D eigenvalue weighted by molar-refractivity contribution is -0.274. The van der Waals surface area contributed by atoms with Crippen LogP contribution in [0.5, 0.6) is 5.75 Å². The van der Waals surface area contributed by atoms with Gasteiger partial charge in [-0.3, -0.25) is 4.79 Å². The minimum Gasteiger partial charge on any atom is -0.406 e. The second-order valence-electron chi connectivity index (χ2n) is 7.39. The number of ether oxygens (including phenoxy) is 1. The number of rotatable bonds is 5. The van der Waals surface area contributed by atoms with Crippen LogP contribution in [0.1, 0.15) is 27.3 Å². The van der Waals surface area contributed by atoms with E-state index < -0.39 is 6.36 Å². The summed E-state index contributed by atoms with van der Waals surface area (Å²) in [6, 6.07) is 5.63. The van der Waals surface area contributed by atoms with Crippen molar-refractivity contribution in [2.24, 2.45) is 0 Å². The molecule has 7 nitrogen and oxygen atoms in total. The third-order valence-corrected chi connectivity index (χ3v) is 7.28. The molecule has 1 amide bonds. The Morgan fingerprint density at radius 1 is 1.28 bits per heavy atom. The predicted octanol–water partition coefficient (Wildman–Crippen LogP) is 4.30. The Morgan fingerprint density at radius 2 is 2.00 bits per heavy atom. The molecule has 0 radical (unpaired) electrons. The molecule has 32 heavy (non-hydrogen) atoms. The summed E-state index contributed by atoms with van der Waals surface area (Å²) in [7, 11) is 0. The number of nitrogens with two attached hydrogens (primary N) is 1. The van der Waals surface area contributed by atoms with Gasteiger partial charge in [0.1, 0.15) is 15.5 Å². The molecule has 3 heterocycles. The van der Waals surface area contributed by atoms with Crippen LogP contribution in [0.15, 0.2) is 29.2 Å². The van der Waals surface area contributed by atoms with Gasteiger partial charge in [-0.05, 0) is 62.0 Å². The molecule has 3 N–H and O–H groups in total. The molecule has 4 rings (SSSR count). The molecular formula is C20H20F3N5O2S2. The number of nitrogen functional groups attached to an aromatic ring is 1. The highest BCUT2D eigenvalue weighted by Gasteiger charge is 2.31. The number of nitrogens with one attached hydrogen (secondary N) is 1. The maximum Gasteiger partial charge on any atom is 0.573 e.